The second-order valence-corrected chi connectivity index (χ2v) is 6.22. The van der Waals surface area contributed by atoms with Crippen LogP contribution in [0.2, 0.25) is 0 Å². The number of H-pyrrole nitrogens is 1. The van der Waals surface area contributed by atoms with Crippen molar-refractivity contribution in [1.29, 1.82) is 0 Å². The smallest absolute Gasteiger partial charge is 0.226 e. The van der Waals surface area contributed by atoms with E-state index >= 15 is 0 Å². The highest BCUT2D eigenvalue weighted by molar-refractivity contribution is 9.10. The summed E-state index contributed by atoms with van der Waals surface area (Å²) in [5, 5.41) is 16.7. The third-order valence-electron chi connectivity index (χ3n) is 2.79. The summed E-state index contributed by atoms with van der Waals surface area (Å²) in [6.45, 7) is 0. The van der Waals surface area contributed by atoms with Crippen LogP contribution in [0.5, 0.6) is 5.75 Å². The van der Waals surface area contributed by atoms with Gasteiger partial charge in [-0.15, -0.1) is 5.10 Å². The van der Waals surface area contributed by atoms with Crippen LogP contribution >= 0.6 is 27.7 Å². The maximum atomic E-state index is 11.3. The van der Waals surface area contributed by atoms with Crippen molar-refractivity contribution < 1.29 is 9.52 Å². The molecule has 0 atom stereocenters. The Balaban J connectivity index is 1.70. The van der Waals surface area contributed by atoms with E-state index in [1.165, 1.54) is 17.8 Å². The van der Waals surface area contributed by atoms with Crippen LogP contribution in [0.25, 0.3) is 11.4 Å². The molecule has 0 fully saturated rings. The van der Waals surface area contributed by atoms with Gasteiger partial charge in [-0.05, 0) is 12.1 Å². The van der Waals surface area contributed by atoms with Crippen LogP contribution in [0.3, 0.4) is 0 Å². The van der Waals surface area contributed by atoms with Gasteiger partial charge in [0, 0.05) is 16.1 Å². The Morgan fingerprint density at radius 2 is 2.09 bits per heavy atom. The van der Waals surface area contributed by atoms with E-state index in [4.69, 9.17) is 9.52 Å². The van der Waals surface area contributed by atoms with Gasteiger partial charge in [-0.25, -0.2) is 4.98 Å². The van der Waals surface area contributed by atoms with Crippen molar-refractivity contribution in [2.24, 2.45) is 0 Å². The second-order valence-electron chi connectivity index (χ2n) is 4.36. The van der Waals surface area contributed by atoms with Crippen LogP contribution in [-0.2, 0) is 5.75 Å². The summed E-state index contributed by atoms with van der Waals surface area (Å²) in [7, 11) is 0. The maximum absolute atomic E-state index is 11.3. The van der Waals surface area contributed by atoms with E-state index in [2.05, 4.69) is 31.1 Å². The summed E-state index contributed by atoms with van der Waals surface area (Å²) in [5.41, 5.74) is 0.464. The highest BCUT2D eigenvalue weighted by Crippen LogP contribution is 2.23. The lowest BCUT2D eigenvalue weighted by Crippen LogP contribution is -1.99. The van der Waals surface area contributed by atoms with Gasteiger partial charge in [-0.2, -0.15) is 0 Å². The van der Waals surface area contributed by atoms with Gasteiger partial charge >= 0.3 is 0 Å². The van der Waals surface area contributed by atoms with E-state index in [-0.39, 0.29) is 0 Å². The highest BCUT2D eigenvalue weighted by Gasteiger charge is 2.08. The molecule has 0 bridgehead atoms. The molecule has 22 heavy (non-hydrogen) atoms. The van der Waals surface area contributed by atoms with Crippen molar-refractivity contribution in [2.45, 2.75) is 10.9 Å². The fraction of sp³-hybridized carbons (Fsp3) is 0.0714. The molecule has 0 amide bonds. The number of aromatic amines is 1. The van der Waals surface area contributed by atoms with Gasteiger partial charge in [0.15, 0.2) is 11.6 Å². The van der Waals surface area contributed by atoms with E-state index in [1.807, 2.05) is 24.3 Å². The van der Waals surface area contributed by atoms with Gasteiger partial charge < -0.3 is 9.52 Å². The summed E-state index contributed by atoms with van der Waals surface area (Å²) in [5.74, 6) is 1.11. The fourth-order valence-electron chi connectivity index (χ4n) is 1.70. The molecule has 3 aromatic rings. The number of hydrogen-bond donors (Lipinski definition) is 2. The number of halogens is 1. The van der Waals surface area contributed by atoms with Crippen molar-refractivity contribution in [3.8, 4) is 17.1 Å². The van der Waals surface area contributed by atoms with Crippen molar-refractivity contribution >= 4 is 27.7 Å². The minimum atomic E-state index is -0.465. The Morgan fingerprint density at radius 3 is 2.82 bits per heavy atom. The highest BCUT2D eigenvalue weighted by atomic mass is 79.9. The summed E-state index contributed by atoms with van der Waals surface area (Å²) < 4.78 is 6.12. The van der Waals surface area contributed by atoms with Gasteiger partial charge in [0.05, 0.1) is 5.75 Å². The van der Waals surface area contributed by atoms with E-state index in [1.54, 1.807) is 0 Å². The minimum Gasteiger partial charge on any atom is -0.502 e. The Hall–Kier alpha value is -2.06. The third-order valence-corrected chi connectivity index (χ3v) is 4.19. The van der Waals surface area contributed by atoms with Crippen LogP contribution in [0.4, 0.5) is 0 Å². The Labute approximate surface area is 137 Å². The predicted molar refractivity (Wildman–Crippen MR) is 85.7 cm³/mol. The normalized spacial score (nSPS) is 10.8. The topological polar surface area (TPSA) is 92.0 Å². The van der Waals surface area contributed by atoms with E-state index in [0.717, 1.165) is 16.3 Å². The first-order valence-corrected chi connectivity index (χ1v) is 8.01. The molecule has 8 heteroatoms. The number of rotatable bonds is 4. The lowest BCUT2D eigenvalue weighted by atomic mass is 10.2. The summed E-state index contributed by atoms with van der Waals surface area (Å²) >= 11 is 4.71. The average Bonchev–Trinajstić information content (AvgIpc) is 2.98. The zero-order valence-corrected chi connectivity index (χ0v) is 13.5. The largest absolute Gasteiger partial charge is 0.502 e. The SMILES string of the molecule is O=c1cc(CSc2n[nH]c(-c3ccc(Br)cc3)n2)occ1O. The van der Waals surface area contributed by atoms with Crippen molar-refractivity contribution in [1.82, 2.24) is 15.2 Å². The molecule has 2 N–H and O–H groups in total. The van der Waals surface area contributed by atoms with Crippen LogP contribution in [0.1, 0.15) is 5.76 Å². The lowest BCUT2D eigenvalue weighted by Gasteiger charge is -1.97. The Kier molecular flexibility index (Phi) is 4.30. The second kappa shape index (κ2) is 6.37. The van der Waals surface area contributed by atoms with Crippen LogP contribution in [-0.4, -0.2) is 20.3 Å². The van der Waals surface area contributed by atoms with Gasteiger partial charge in [-0.1, -0.05) is 39.8 Å². The van der Waals surface area contributed by atoms with Crippen LogP contribution < -0.4 is 5.43 Å². The molecule has 0 saturated carbocycles. The number of nitrogens with one attached hydrogen (secondary N) is 1. The molecule has 0 radical (unpaired) electrons. The molecule has 2 aromatic heterocycles. The molecule has 2 heterocycles. The number of nitrogens with zero attached hydrogens (tertiary/aromatic N) is 2. The molecule has 6 nitrogen and oxygen atoms in total. The quantitative estimate of drug-likeness (QED) is 0.676. The van der Waals surface area contributed by atoms with Crippen LogP contribution in [0, 0.1) is 0 Å². The molecule has 0 aliphatic carbocycles. The molecule has 0 aliphatic rings. The zero-order chi connectivity index (χ0) is 15.5. The van der Waals surface area contributed by atoms with Crippen LogP contribution in [0.15, 0.2) is 55.4 Å². The Morgan fingerprint density at radius 1 is 1.32 bits per heavy atom. The molecule has 0 unspecified atom stereocenters. The van der Waals surface area contributed by atoms with Gasteiger partial charge in [0.25, 0.3) is 0 Å². The third kappa shape index (κ3) is 3.40. The molecule has 3 rings (SSSR count). The van der Waals surface area contributed by atoms with Crippen molar-refractivity contribution in [3.63, 3.8) is 0 Å². The van der Waals surface area contributed by atoms with Gasteiger partial charge in [0.1, 0.15) is 12.0 Å². The zero-order valence-electron chi connectivity index (χ0n) is 11.1. The molecular weight excluding hydrogens is 370 g/mol. The molecule has 112 valence electrons. The number of benzene rings is 1. The van der Waals surface area contributed by atoms with Crippen molar-refractivity contribution in [2.75, 3.05) is 0 Å². The van der Waals surface area contributed by atoms with Gasteiger partial charge in [-0.3, -0.25) is 9.89 Å². The number of aromatic nitrogens is 3. The monoisotopic (exact) mass is 379 g/mol. The molecule has 0 saturated heterocycles. The summed E-state index contributed by atoms with van der Waals surface area (Å²) in [6, 6.07) is 8.96. The predicted octanol–water partition coefficient (Wildman–Crippen LogP) is 3.19. The number of hydrogen-bond acceptors (Lipinski definition) is 6. The number of aromatic hydroxyl groups is 1. The van der Waals surface area contributed by atoms with E-state index in [9.17, 15) is 4.79 Å². The number of thioether (sulfide) groups is 1. The molecule has 0 spiro atoms. The standard InChI is InChI=1S/C14H10BrN3O3S/c15-9-3-1-8(2-4-9)13-16-14(18-17-13)22-7-10-5-11(19)12(20)6-21-10/h1-6,20H,7H2,(H,16,17,18). The summed E-state index contributed by atoms with van der Waals surface area (Å²) in [4.78, 5) is 15.7. The maximum Gasteiger partial charge on any atom is 0.226 e. The molecular formula is C14H10BrN3O3S. The first-order valence-electron chi connectivity index (χ1n) is 6.23. The average molecular weight is 380 g/mol. The van der Waals surface area contributed by atoms with Gasteiger partial charge in [0.2, 0.25) is 10.6 Å². The molecule has 0 aliphatic heterocycles. The molecule has 1 aromatic carbocycles. The first kappa shape index (κ1) is 14.9. The lowest BCUT2D eigenvalue weighted by molar-refractivity contribution is 0.419. The minimum absolute atomic E-state index is 0.396. The Bertz CT molecular complexity index is 845. The van der Waals surface area contributed by atoms with Crippen molar-refractivity contribution in [3.05, 3.63) is 57.1 Å². The summed E-state index contributed by atoms with van der Waals surface area (Å²) in [6.07, 6.45) is 1.03. The fourth-order valence-corrected chi connectivity index (χ4v) is 2.66. The van der Waals surface area contributed by atoms with E-state index in [0.29, 0.717) is 22.5 Å². The van der Waals surface area contributed by atoms with E-state index < -0.39 is 11.2 Å². The first-order chi connectivity index (χ1) is 10.6.